The molecule has 0 spiro atoms. The topological polar surface area (TPSA) is 25.2 Å². The summed E-state index contributed by atoms with van der Waals surface area (Å²) in [6, 6.07) is 14.5. The van der Waals surface area contributed by atoms with Gasteiger partial charge in [0.05, 0.1) is 6.61 Å². The standard InChI is InChI=1S/C16H14FNO/c17-15-4-1-12(2-5-15)10-18-8-7-14-9-13(11-19)3-6-16(14)18/h1-9,19H,10-11H2. The molecule has 1 N–H and O–H groups in total. The lowest BCUT2D eigenvalue weighted by atomic mass is 10.1. The highest BCUT2D eigenvalue weighted by Gasteiger charge is 2.03. The highest BCUT2D eigenvalue weighted by atomic mass is 19.1. The third kappa shape index (κ3) is 2.37. The fourth-order valence-corrected chi connectivity index (χ4v) is 2.27. The molecule has 0 bridgehead atoms. The summed E-state index contributed by atoms with van der Waals surface area (Å²) >= 11 is 0. The molecule has 19 heavy (non-hydrogen) atoms. The predicted octanol–water partition coefficient (Wildman–Crippen LogP) is 3.32. The normalized spacial score (nSPS) is 11.1. The number of nitrogens with zero attached hydrogens (tertiary/aromatic N) is 1. The van der Waals surface area contributed by atoms with E-state index in [0.717, 1.165) is 22.0 Å². The minimum absolute atomic E-state index is 0.0546. The first-order valence-electron chi connectivity index (χ1n) is 6.19. The number of benzene rings is 2. The minimum Gasteiger partial charge on any atom is -0.392 e. The summed E-state index contributed by atoms with van der Waals surface area (Å²) in [7, 11) is 0. The average Bonchev–Trinajstić information content (AvgIpc) is 2.83. The molecule has 0 saturated heterocycles. The largest absolute Gasteiger partial charge is 0.392 e. The second-order valence-electron chi connectivity index (χ2n) is 4.62. The number of aromatic nitrogens is 1. The number of hydrogen-bond acceptors (Lipinski definition) is 1. The van der Waals surface area contributed by atoms with Gasteiger partial charge in [0, 0.05) is 18.3 Å². The summed E-state index contributed by atoms with van der Waals surface area (Å²) in [6.45, 7) is 0.765. The van der Waals surface area contributed by atoms with E-state index >= 15 is 0 Å². The van der Waals surface area contributed by atoms with Crippen LogP contribution in [0.4, 0.5) is 4.39 Å². The fourth-order valence-electron chi connectivity index (χ4n) is 2.27. The first kappa shape index (κ1) is 11.9. The van der Waals surface area contributed by atoms with E-state index in [4.69, 9.17) is 5.11 Å². The van der Waals surface area contributed by atoms with Crippen LogP contribution in [0.3, 0.4) is 0 Å². The number of aliphatic hydroxyl groups is 1. The number of hydrogen-bond donors (Lipinski definition) is 1. The Balaban J connectivity index is 1.95. The highest BCUT2D eigenvalue weighted by molar-refractivity contribution is 5.81. The van der Waals surface area contributed by atoms with Crippen LogP contribution >= 0.6 is 0 Å². The van der Waals surface area contributed by atoms with Crippen LogP contribution in [-0.4, -0.2) is 9.67 Å². The van der Waals surface area contributed by atoms with Crippen molar-refractivity contribution in [1.29, 1.82) is 0 Å². The van der Waals surface area contributed by atoms with Gasteiger partial charge in [-0.05, 0) is 46.8 Å². The van der Waals surface area contributed by atoms with Gasteiger partial charge in [-0.3, -0.25) is 0 Å². The van der Waals surface area contributed by atoms with Gasteiger partial charge in [0.2, 0.25) is 0 Å². The lowest BCUT2D eigenvalue weighted by molar-refractivity contribution is 0.282. The Morgan fingerprint density at radius 1 is 0.947 bits per heavy atom. The SMILES string of the molecule is OCc1ccc2c(ccn2Cc2ccc(F)cc2)c1. The molecule has 1 heterocycles. The zero-order valence-electron chi connectivity index (χ0n) is 10.4. The van der Waals surface area contributed by atoms with Crippen molar-refractivity contribution in [1.82, 2.24) is 4.57 Å². The molecule has 3 aromatic rings. The van der Waals surface area contributed by atoms with Gasteiger partial charge in [0.25, 0.3) is 0 Å². The van der Waals surface area contributed by atoms with Crippen molar-refractivity contribution in [3.8, 4) is 0 Å². The minimum atomic E-state index is -0.214. The summed E-state index contributed by atoms with van der Waals surface area (Å²) in [5, 5.41) is 10.2. The molecule has 1 aromatic heterocycles. The van der Waals surface area contributed by atoms with Crippen molar-refractivity contribution >= 4 is 10.9 Å². The quantitative estimate of drug-likeness (QED) is 0.763. The molecule has 0 radical (unpaired) electrons. The van der Waals surface area contributed by atoms with Crippen LogP contribution in [0.1, 0.15) is 11.1 Å². The maximum Gasteiger partial charge on any atom is 0.123 e. The molecule has 96 valence electrons. The van der Waals surface area contributed by atoms with E-state index < -0.39 is 0 Å². The molecular formula is C16H14FNO. The van der Waals surface area contributed by atoms with E-state index in [1.54, 1.807) is 12.1 Å². The molecular weight excluding hydrogens is 241 g/mol. The third-order valence-electron chi connectivity index (χ3n) is 3.28. The van der Waals surface area contributed by atoms with Crippen molar-refractivity contribution in [3.63, 3.8) is 0 Å². The van der Waals surface area contributed by atoms with Gasteiger partial charge in [-0.2, -0.15) is 0 Å². The predicted molar refractivity (Wildman–Crippen MR) is 73.4 cm³/mol. The van der Waals surface area contributed by atoms with Gasteiger partial charge < -0.3 is 9.67 Å². The molecule has 0 aliphatic rings. The second kappa shape index (κ2) is 4.86. The Hall–Kier alpha value is -2.13. The molecule has 2 aromatic carbocycles. The highest BCUT2D eigenvalue weighted by Crippen LogP contribution is 2.19. The van der Waals surface area contributed by atoms with E-state index in [-0.39, 0.29) is 12.4 Å². The number of halogens is 1. The van der Waals surface area contributed by atoms with Crippen molar-refractivity contribution in [2.75, 3.05) is 0 Å². The van der Waals surface area contributed by atoms with Crippen LogP contribution in [0.25, 0.3) is 10.9 Å². The van der Waals surface area contributed by atoms with Crippen LogP contribution in [0.5, 0.6) is 0 Å². The molecule has 2 nitrogen and oxygen atoms in total. The maximum absolute atomic E-state index is 12.9. The molecule has 0 fully saturated rings. The number of fused-ring (bicyclic) bond motifs is 1. The first-order chi connectivity index (χ1) is 9.26. The third-order valence-corrected chi connectivity index (χ3v) is 3.28. The molecule has 0 aliphatic carbocycles. The second-order valence-corrected chi connectivity index (χ2v) is 4.62. The van der Waals surface area contributed by atoms with Crippen LogP contribution in [0.15, 0.2) is 54.7 Å². The van der Waals surface area contributed by atoms with Gasteiger partial charge in [-0.15, -0.1) is 0 Å². The van der Waals surface area contributed by atoms with Gasteiger partial charge in [-0.25, -0.2) is 4.39 Å². The van der Waals surface area contributed by atoms with Gasteiger partial charge in [0.1, 0.15) is 5.82 Å². The van der Waals surface area contributed by atoms with Crippen molar-refractivity contribution in [2.24, 2.45) is 0 Å². The molecule has 0 unspecified atom stereocenters. The lowest BCUT2D eigenvalue weighted by Gasteiger charge is -2.06. The number of rotatable bonds is 3. The maximum atomic E-state index is 12.9. The number of aliphatic hydroxyl groups excluding tert-OH is 1. The zero-order valence-corrected chi connectivity index (χ0v) is 10.4. The molecule has 0 aliphatic heterocycles. The van der Waals surface area contributed by atoms with Crippen LogP contribution < -0.4 is 0 Å². The molecule has 3 rings (SSSR count). The van der Waals surface area contributed by atoms with Crippen molar-refractivity contribution < 1.29 is 9.50 Å². The van der Waals surface area contributed by atoms with E-state index in [1.165, 1.54) is 12.1 Å². The Kier molecular flexibility index (Phi) is 3.05. The molecule has 0 saturated carbocycles. The van der Waals surface area contributed by atoms with E-state index in [0.29, 0.717) is 6.54 Å². The zero-order chi connectivity index (χ0) is 13.2. The van der Waals surface area contributed by atoms with E-state index in [1.807, 2.05) is 30.5 Å². The van der Waals surface area contributed by atoms with Gasteiger partial charge in [-0.1, -0.05) is 18.2 Å². The van der Waals surface area contributed by atoms with Gasteiger partial charge >= 0.3 is 0 Å². The van der Waals surface area contributed by atoms with E-state index in [2.05, 4.69) is 4.57 Å². The van der Waals surface area contributed by atoms with Crippen molar-refractivity contribution in [3.05, 3.63) is 71.7 Å². The summed E-state index contributed by atoms with van der Waals surface area (Å²) < 4.78 is 15.0. The average molecular weight is 255 g/mol. The summed E-state index contributed by atoms with van der Waals surface area (Å²) in [4.78, 5) is 0. The fraction of sp³-hybridized carbons (Fsp3) is 0.125. The lowest BCUT2D eigenvalue weighted by Crippen LogP contribution is -1.97. The van der Waals surface area contributed by atoms with Crippen LogP contribution in [-0.2, 0) is 13.2 Å². The Morgan fingerprint density at radius 2 is 1.68 bits per heavy atom. The van der Waals surface area contributed by atoms with Gasteiger partial charge in [0.15, 0.2) is 0 Å². The smallest absolute Gasteiger partial charge is 0.123 e. The Bertz CT molecular complexity index is 700. The summed E-state index contributed by atoms with van der Waals surface area (Å²) in [5.74, 6) is -0.214. The molecule has 0 amide bonds. The Morgan fingerprint density at radius 3 is 2.42 bits per heavy atom. The summed E-state index contributed by atoms with van der Waals surface area (Å²) in [6.07, 6.45) is 2.01. The molecule has 0 atom stereocenters. The van der Waals surface area contributed by atoms with Crippen LogP contribution in [0.2, 0.25) is 0 Å². The Labute approximate surface area is 110 Å². The first-order valence-corrected chi connectivity index (χ1v) is 6.19. The van der Waals surface area contributed by atoms with E-state index in [9.17, 15) is 4.39 Å². The monoisotopic (exact) mass is 255 g/mol. The summed E-state index contributed by atoms with van der Waals surface area (Å²) in [5.41, 5.74) is 3.08. The van der Waals surface area contributed by atoms with Crippen molar-refractivity contribution in [2.45, 2.75) is 13.2 Å². The van der Waals surface area contributed by atoms with Crippen LogP contribution in [0, 0.1) is 5.82 Å². The molecule has 3 heteroatoms.